The van der Waals surface area contributed by atoms with Gasteiger partial charge < -0.3 is 10.0 Å². The Morgan fingerprint density at radius 2 is 1.79 bits per heavy atom. The topological polar surface area (TPSA) is 67.1 Å². The molecule has 0 aliphatic carbocycles. The van der Waals surface area contributed by atoms with Crippen LogP contribution in [-0.4, -0.2) is 43.6 Å². The van der Waals surface area contributed by atoms with Gasteiger partial charge in [-0.3, -0.25) is 4.57 Å². The minimum atomic E-state index is -0.0777. The molecule has 0 saturated heterocycles. The highest BCUT2D eigenvalue weighted by Crippen LogP contribution is 2.05. The molecule has 2 aromatic heterocycles. The highest BCUT2D eigenvalue weighted by atomic mass is 16.3. The van der Waals surface area contributed by atoms with Gasteiger partial charge in [0.05, 0.1) is 12.3 Å². The van der Waals surface area contributed by atoms with E-state index in [-0.39, 0.29) is 6.61 Å². The molecule has 0 spiro atoms. The number of hydrogen-bond donors (Lipinski definition) is 1. The maximum absolute atomic E-state index is 8.92. The normalized spacial score (nSPS) is 10.2. The molecule has 0 amide bonds. The van der Waals surface area contributed by atoms with Crippen LogP contribution in [0.3, 0.4) is 0 Å². The van der Waals surface area contributed by atoms with E-state index in [0.717, 1.165) is 12.1 Å². The monoisotopic (exact) mass is 263 g/mol. The molecule has 19 heavy (non-hydrogen) atoms. The summed E-state index contributed by atoms with van der Waals surface area (Å²) in [4.78, 5) is 14.6. The number of nitrogens with zero attached hydrogens (tertiary/aromatic N) is 5. The fourth-order valence-corrected chi connectivity index (χ4v) is 1.48. The summed E-state index contributed by atoms with van der Waals surface area (Å²) >= 11 is 0. The second-order valence-corrected chi connectivity index (χ2v) is 4.06. The van der Waals surface area contributed by atoms with Crippen molar-refractivity contribution in [3.63, 3.8) is 0 Å². The number of aromatic nitrogens is 4. The van der Waals surface area contributed by atoms with Crippen molar-refractivity contribution in [3.05, 3.63) is 36.2 Å². The van der Waals surface area contributed by atoms with Crippen LogP contribution in [0.15, 0.2) is 24.9 Å². The zero-order valence-electron chi connectivity index (χ0n) is 11.9. The van der Waals surface area contributed by atoms with Crippen LogP contribution in [0.4, 0.5) is 0 Å². The molecule has 0 unspecified atom stereocenters. The molecule has 0 atom stereocenters. The first-order chi connectivity index (χ1) is 9.19. The first kappa shape index (κ1) is 15.3. The SMILES string of the molecule is CC.CN(C)Cc1cnc(-n2cnc(CO)c2)nc1. The van der Waals surface area contributed by atoms with Crippen molar-refractivity contribution in [2.24, 2.45) is 0 Å². The van der Waals surface area contributed by atoms with E-state index in [0.29, 0.717) is 11.6 Å². The number of aliphatic hydroxyl groups is 1. The van der Waals surface area contributed by atoms with Crippen LogP contribution in [0.1, 0.15) is 25.1 Å². The smallest absolute Gasteiger partial charge is 0.234 e. The van der Waals surface area contributed by atoms with Crippen LogP contribution in [0.25, 0.3) is 5.95 Å². The van der Waals surface area contributed by atoms with Crippen LogP contribution in [0.5, 0.6) is 0 Å². The van der Waals surface area contributed by atoms with Gasteiger partial charge in [-0.2, -0.15) is 0 Å². The lowest BCUT2D eigenvalue weighted by molar-refractivity contribution is 0.277. The third-order valence-electron chi connectivity index (χ3n) is 2.22. The van der Waals surface area contributed by atoms with Crippen molar-refractivity contribution in [2.45, 2.75) is 27.0 Å². The van der Waals surface area contributed by atoms with Gasteiger partial charge in [0.2, 0.25) is 5.95 Å². The summed E-state index contributed by atoms with van der Waals surface area (Å²) in [5.74, 6) is 0.555. The average molecular weight is 263 g/mol. The van der Waals surface area contributed by atoms with Crippen LogP contribution in [-0.2, 0) is 13.2 Å². The Kier molecular flexibility index (Phi) is 6.11. The van der Waals surface area contributed by atoms with Gasteiger partial charge in [-0.25, -0.2) is 15.0 Å². The van der Waals surface area contributed by atoms with Gasteiger partial charge in [-0.15, -0.1) is 0 Å². The number of rotatable bonds is 4. The molecule has 0 aromatic carbocycles. The molecule has 6 nitrogen and oxygen atoms in total. The molecule has 0 aliphatic heterocycles. The molecule has 0 aliphatic rings. The predicted octanol–water partition coefficient (Wildman–Crippen LogP) is 1.24. The molecule has 0 bridgehead atoms. The lowest BCUT2D eigenvalue weighted by atomic mass is 10.3. The minimum Gasteiger partial charge on any atom is -0.390 e. The summed E-state index contributed by atoms with van der Waals surface area (Å²) in [5.41, 5.74) is 1.66. The highest BCUT2D eigenvalue weighted by Gasteiger charge is 2.03. The first-order valence-electron chi connectivity index (χ1n) is 6.29. The largest absolute Gasteiger partial charge is 0.390 e. The van der Waals surface area contributed by atoms with E-state index in [4.69, 9.17) is 5.11 Å². The minimum absolute atomic E-state index is 0.0777. The highest BCUT2D eigenvalue weighted by molar-refractivity contribution is 5.16. The predicted molar refractivity (Wildman–Crippen MR) is 73.8 cm³/mol. The van der Waals surface area contributed by atoms with E-state index in [1.807, 2.05) is 27.9 Å². The number of aliphatic hydroxyl groups excluding tert-OH is 1. The van der Waals surface area contributed by atoms with Gasteiger partial charge in [-0.05, 0) is 14.1 Å². The molecule has 2 aromatic rings. The molecule has 1 N–H and O–H groups in total. The fraction of sp³-hybridized carbons (Fsp3) is 0.462. The van der Waals surface area contributed by atoms with Crippen molar-refractivity contribution < 1.29 is 5.11 Å². The Labute approximate surface area is 113 Å². The van der Waals surface area contributed by atoms with Crippen LogP contribution >= 0.6 is 0 Å². The standard InChI is InChI=1S/C11H15N5O.C2H6/c1-15(2)5-9-3-12-11(13-4-9)16-6-10(7-17)14-8-16;1-2/h3-4,6,8,17H,5,7H2,1-2H3;1-2H3. The van der Waals surface area contributed by atoms with Crippen molar-refractivity contribution in [1.29, 1.82) is 0 Å². The van der Waals surface area contributed by atoms with Gasteiger partial charge in [0.15, 0.2) is 0 Å². The number of hydrogen-bond acceptors (Lipinski definition) is 5. The maximum Gasteiger partial charge on any atom is 0.234 e. The van der Waals surface area contributed by atoms with E-state index >= 15 is 0 Å². The van der Waals surface area contributed by atoms with Gasteiger partial charge in [0.25, 0.3) is 0 Å². The molecule has 6 heteroatoms. The lowest BCUT2D eigenvalue weighted by Crippen LogP contribution is -2.11. The van der Waals surface area contributed by atoms with E-state index < -0.39 is 0 Å². The zero-order chi connectivity index (χ0) is 14.3. The van der Waals surface area contributed by atoms with Crippen molar-refractivity contribution in [3.8, 4) is 5.95 Å². The molecule has 0 fully saturated rings. The Balaban J connectivity index is 0.000000861. The fourth-order valence-electron chi connectivity index (χ4n) is 1.48. The van der Waals surface area contributed by atoms with Crippen LogP contribution in [0, 0.1) is 0 Å². The Bertz CT molecular complexity index is 478. The van der Waals surface area contributed by atoms with Gasteiger partial charge in [0.1, 0.15) is 6.33 Å². The Hall–Kier alpha value is -1.79. The Morgan fingerprint density at radius 3 is 2.26 bits per heavy atom. The van der Waals surface area contributed by atoms with Crippen LogP contribution in [0.2, 0.25) is 0 Å². The third-order valence-corrected chi connectivity index (χ3v) is 2.22. The Morgan fingerprint density at radius 1 is 1.16 bits per heavy atom. The summed E-state index contributed by atoms with van der Waals surface area (Å²) in [7, 11) is 3.99. The molecule has 104 valence electrons. The summed E-state index contributed by atoms with van der Waals surface area (Å²) in [5, 5.41) is 8.92. The molecular weight excluding hydrogens is 242 g/mol. The summed E-state index contributed by atoms with van der Waals surface area (Å²) < 4.78 is 1.69. The van der Waals surface area contributed by atoms with Gasteiger partial charge in [-0.1, -0.05) is 13.8 Å². The van der Waals surface area contributed by atoms with Crippen molar-refractivity contribution in [1.82, 2.24) is 24.4 Å². The van der Waals surface area contributed by atoms with E-state index in [9.17, 15) is 0 Å². The lowest BCUT2D eigenvalue weighted by Gasteiger charge is -2.08. The summed E-state index contributed by atoms with van der Waals surface area (Å²) in [6, 6.07) is 0. The molecule has 2 heterocycles. The van der Waals surface area contributed by atoms with Crippen molar-refractivity contribution >= 4 is 0 Å². The summed E-state index contributed by atoms with van der Waals surface area (Å²) in [6.07, 6.45) is 6.88. The number of imidazole rings is 1. The quantitative estimate of drug-likeness (QED) is 0.899. The molecule has 0 saturated carbocycles. The van der Waals surface area contributed by atoms with Gasteiger partial charge in [0, 0.05) is 30.7 Å². The average Bonchev–Trinajstić information content (AvgIpc) is 2.90. The second-order valence-electron chi connectivity index (χ2n) is 4.06. The zero-order valence-corrected chi connectivity index (χ0v) is 11.9. The molecule has 0 radical (unpaired) electrons. The third kappa shape index (κ3) is 4.42. The van der Waals surface area contributed by atoms with Crippen LogP contribution < -0.4 is 0 Å². The molecular formula is C13H21N5O. The maximum atomic E-state index is 8.92. The first-order valence-corrected chi connectivity index (χ1v) is 6.29. The molecule has 2 rings (SSSR count). The van der Waals surface area contributed by atoms with E-state index in [1.54, 1.807) is 29.5 Å². The van der Waals surface area contributed by atoms with Crippen molar-refractivity contribution in [2.75, 3.05) is 14.1 Å². The summed E-state index contributed by atoms with van der Waals surface area (Å²) in [6.45, 7) is 4.73. The van der Waals surface area contributed by atoms with E-state index in [2.05, 4.69) is 19.9 Å². The van der Waals surface area contributed by atoms with E-state index in [1.165, 1.54) is 0 Å². The van der Waals surface area contributed by atoms with Gasteiger partial charge >= 0.3 is 0 Å². The second kappa shape index (κ2) is 7.60.